The van der Waals surface area contributed by atoms with Gasteiger partial charge in [-0.15, -0.1) is 15.3 Å². The maximum absolute atomic E-state index is 13.4. The van der Waals surface area contributed by atoms with Crippen molar-refractivity contribution in [1.29, 1.82) is 0 Å². The first-order valence-corrected chi connectivity index (χ1v) is 37.5. The number of amides is 6. The van der Waals surface area contributed by atoms with Crippen molar-refractivity contribution in [3.05, 3.63) is 198 Å². The lowest BCUT2D eigenvalue weighted by molar-refractivity contribution is -0.135. The maximum Gasteiger partial charge on any atom is 0.251 e. The molecule has 3 aromatic heterocycles. The molecule has 5 aliphatic rings. The number of aliphatic hydroxyl groups is 1. The molecule has 6 N–H and O–H groups in total. The molecule has 27 nitrogen and oxygen atoms in total. The van der Waals surface area contributed by atoms with Crippen LogP contribution in [-0.2, 0) is 19.2 Å². The number of rotatable bonds is 28. The first kappa shape index (κ1) is 82.7. The van der Waals surface area contributed by atoms with Gasteiger partial charge in [-0.2, -0.15) is 0 Å². The summed E-state index contributed by atoms with van der Waals surface area (Å²) in [5.41, 5.74) is 11.9. The van der Waals surface area contributed by atoms with Gasteiger partial charge in [-0.1, -0.05) is 66.6 Å². The minimum Gasteiger partial charge on any atom is -0.396 e. The van der Waals surface area contributed by atoms with Gasteiger partial charge in [0.1, 0.15) is 36.0 Å². The topological polar surface area (TPSA) is 313 Å². The summed E-state index contributed by atoms with van der Waals surface area (Å²) in [5, 5.41) is 41.0. The van der Waals surface area contributed by atoms with Gasteiger partial charge < -0.3 is 61.0 Å². The molecule has 8 aromatic rings. The van der Waals surface area contributed by atoms with E-state index >= 15 is 0 Å². The smallest absolute Gasteiger partial charge is 0.251 e. The van der Waals surface area contributed by atoms with Crippen LogP contribution in [0.4, 0.5) is 8.78 Å². The molecule has 5 aromatic carbocycles. The van der Waals surface area contributed by atoms with Gasteiger partial charge in [0.15, 0.2) is 0 Å². The van der Waals surface area contributed by atoms with Crippen LogP contribution < -0.4 is 21.7 Å². The van der Waals surface area contributed by atoms with Crippen molar-refractivity contribution in [2.24, 2.45) is 11.7 Å². The molecule has 2 aliphatic carbocycles. The van der Waals surface area contributed by atoms with Crippen LogP contribution in [0.5, 0.6) is 0 Å². The Labute approximate surface area is 636 Å². The number of likely N-dealkylation sites (N-methyl/N-ethyl adjacent to an activating group) is 3. The van der Waals surface area contributed by atoms with Crippen LogP contribution in [0.15, 0.2) is 159 Å². The lowest BCUT2D eigenvalue weighted by atomic mass is 10.0. The molecule has 582 valence electrons. The highest BCUT2D eigenvalue weighted by atomic mass is 19.1. The third-order valence-electron chi connectivity index (χ3n) is 20.3. The Hall–Kier alpha value is -10.3. The summed E-state index contributed by atoms with van der Waals surface area (Å²) >= 11 is 0. The van der Waals surface area contributed by atoms with Crippen molar-refractivity contribution in [1.82, 2.24) is 90.3 Å². The summed E-state index contributed by atoms with van der Waals surface area (Å²) in [4.78, 5) is 101. The fourth-order valence-corrected chi connectivity index (χ4v) is 13.4. The van der Waals surface area contributed by atoms with Gasteiger partial charge in [0.05, 0.1) is 54.2 Å². The summed E-state index contributed by atoms with van der Waals surface area (Å²) in [6, 6.07) is 33.1. The van der Waals surface area contributed by atoms with Gasteiger partial charge in [-0.25, -0.2) is 22.8 Å². The van der Waals surface area contributed by atoms with E-state index in [-0.39, 0.29) is 61.1 Å². The fourth-order valence-electron chi connectivity index (χ4n) is 13.4. The number of unbranched alkanes of at least 4 members (excludes halogenated alkanes) is 4. The summed E-state index contributed by atoms with van der Waals surface area (Å²) in [5.74, 6) is 0.361. The number of halogens is 2. The summed E-state index contributed by atoms with van der Waals surface area (Å²) < 4.78 is 30.5. The summed E-state index contributed by atoms with van der Waals surface area (Å²) in [6.45, 7) is 9.00. The first-order chi connectivity index (χ1) is 52.4. The molecule has 5 fully saturated rings. The van der Waals surface area contributed by atoms with E-state index in [1.807, 2.05) is 60.3 Å². The number of nitrogens with zero attached hydrogens (tertiary/aromatic N) is 15. The molecule has 3 saturated heterocycles. The molecular weight excluding hydrogens is 1390 g/mol. The lowest BCUT2D eigenvalue weighted by Gasteiger charge is -2.34. The molecule has 0 bridgehead atoms. The zero-order valence-corrected chi connectivity index (χ0v) is 61.9. The average molecular weight is 1500 g/mol. The van der Waals surface area contributed by atoms with E-state index in [0.717, 1.165) is 94.7 Å². The van der Waals surface area contributed by atoms with E-state index < -0.39 is 18.1 Å². The quantitative estimate of drug-likeness (QED) is 0.0241. The SMILES string of the molecule is C.CN1CCN(C(=O)[C@@H](CCCCC[C@H]2C[C@@H]2c2ccc(F)cc2)NC(=O)c2ccc(-n3ccnn3)cc2)CC1.CN1CCN(C(=O)[C@H](CCCC=O)NC(=O)c2ccc(-n3ccnn3)cc2)CC1.CN1CCN(C(=O)[C@H](CCCCO)NC(=O)c2ccc(-n3ccnn3)cc2)CC1.N[C@@H]1C[C@H]1c1ccc(F)cc1. The number of nitrogens with one attached hydrogen (secondary N) is 3. The molecule has 0 spiro atoms. The van der Waals surface area contributed by atoms with E-state index in [4.69, 9.17) is 10.8 Å². The molecule has 6 amide bonds. The van der Waals surface area contributed by atoms with Crippen LogP contribution in [0.2, 0.25) is 0 Å². The van der Waals surface area contributed by atoms with Gasteiger partial charge in [-0.05, 0) is 199 Å². The largest absolute Gasteiger partial charge is 0.396 e. The van der Waals surface area contributed by atoms with Crippen molar-refractivity contribution in [2.75, 3.05) is 106 Å². The predicted molar refractivity (Wildman–Crippen MR) is 410 cm³/mol. The molecule has 2 saturated carbocycles. The number of aromatic nitrogens is 9. The predicted octanol–water partition coefficient (Wildman–Crippen LogP) is 7.12. The second kappa shape index (κ2) is 41.9. The number of aliphatic hydroxyl groups excluding tert-OH is 1. The van der Waals surface area contributed by atoms with Crippen LogP contribution in [0, 0.1) is 17.6 Å². The van der Waals surface area contributed by atoms with Crippen LogP contribution in [-0.4, -0.2) is 252 Å². The van der Waals surface area contributed by atoms with Crippen molar-refractivity contribution < 1.29 is 47.4 Å². The Morgan fingerprint density at radius 3 is 1.10 bits per heavy atom. The average Bonchev–Trinajstić information content (AvgIpc) is 1.81. The Bertz CT molecular complexity index is 4080. The monoisotopic (exact) mass is 1500 g/mol. The summed E-state index contributed by atoms with van der Waals surface area (Å²) in [6.07, 6.45) is 20.9. The van der Waals surface area contributed by atoms with Gasteiger partial charge in [0.25, 0.3) is 17.7 Å². The highest BCUT2D eigenvalue weighted by molar-refractivity contribution is 5.99. The minimum atomic E-state index is -0.638. The third-order valence-corrected chi connectivity index (χ3v) is 20.3. The van der Waals surface area contributed by atoms with Crippen molar-refractivity contribution in [3.63, 3.8) is 0 Å². The van der Waals surface area contributed by atoms with Crippen LogP contribution in [0.1, 0.15) is 145 Å². The molecule has 0 unspecified atom stereocenters. The van der Waals surface area contributed by atoms with Crippen molar-refractivity contribution in [2.45, 2.75) is 127 Å². The molecule has 29 heteroatoms. The standard InChI is InChI=1S/C30H37FN6O2.C20H28N6O3.C20H26N6O3.C9H10FN.CH4/c1-35-17-19-36(20-18-35)30(39)28(33-29(38)23-9-13-26(14-10-23)37-16-15-32-34-37)6-4-2-3-5-24-21-27(24)22-7-11-25(31)12-8-22;2*1-24-11-13-25(14-12-24)20(29)18(4-2-3-15-27)22-19(28)16-5-7-17(8-6-16)26-10-9-21-23-26;10-7-3-1-6(2-4-7)8-5-9(8)11;/h7-16,24,27-28H,2-6,17-21H2,1H3,(H,33,38);5-10,18,27H,2-4,11-15H2,1H3,(H,22,28);5-10,15,18H,2-4,11-14H2,1H3,(H,22,28);1-4,8-9H,5,11H2;1H4/t24-,27+,28+;2*18-;8-,9+;/m0000./s1. The first-order valence-electron chi connectivity index (χ1n) is 37.5. The second-order valence-electron chi connectivity index (χ2n) is 28.3. The minimum absolute atomic E-state index is 0. The van der Waals surface area contributed by atoms with E-state index in [2.05, 4.69) is 68.6 Å². The Morgan fingerprint density at radius 2 is 0.789 bits per heavy atom. The molecule has 6 heterocycles. The molecule has 3 aliphatic heterocycles. The van der Waals surface area contributed by atoms with Gasteiger partial charge in [0, 0.05) is 120 Å². The van der Waals surface area contributed by atoms with Gasteiger partial charge in [-0.3, -0.25) is 28.8 Å². The number of hydrogen-bond acceptors (Lipinski definition) is 18. The normalized spacial score (nSPS) is 18.4. The van der Waals surface area contributed by atoms with Crippen molar-refractivity contribution in [3.8, 4) is 17.1 Å². The molecule has 7 atom stereocenters. The lowest BCUT2D eigenvalue weighted by Crippen LogP contribution is -2.54. The molecule has 109 heavy (non-hydrogen) atoms. The zero-order chi connectivity index (χ0) is 76.3. The van der Waals surface area contributed by atoms with E-state index in [0.29, 0.717) is 125 Å². The van der Waals surface area contributed by atoms with E-state index in [1.54, 1.807) is 129 Å². The molecule has 0 radical (unpaired) electrons. The maximum atomic E-state index is 13.4. The Balaban J connectivity index is 0.000000177. The number of aldehydes is 1. The Kier molecular flexibility index (Phi) is 31.8. The van der Waals surface area contributed by atoms with Crippen LogP contribution in [0.25, 0.3) is 17.1 Å². The van der Waals surface area contributed by atoms with Crippen molar-refractivity contribution >= 4 is 41.7 Å². The third kappa shape index (κ3) is 25.1. The number of carbonyl (C=O) groups is 7. The molecule has 13 rings (SSSR count). The number of benzene rings is 5. The highest BCUT2D eigenvalue weighted by Gasteiger charge is 2.38. The van der Waals surface area contributed by atoms with Crippen LogP contribution in [0.3, 0.4) is 0 Å². The summed E-state index contributed by atoms with van der Waals surface area (Å²) in [7, 11) is 6.12. The van der Waals surface area contributed by atoms with Gasteiger partial charge >= 0.3 is 0 Å². The van der Waals surface area contributed by atoms with E-state index in [1.165, 1.54) is 29.7 Å². The van der Waals surface area contributed by atoms with Crippen LogP contribution >= 0.6 is 0 Å². The number of nitrogens with two attached hydrogens (primary N) is 1. The second-order valence-corrected chi connectivity index (χ2v) is 28.3. The fraction of sp³-hybridized carbons (Fsp3) is 0.463. The Morgan fingerprint density at radius 1 is 0.459 bits per heavy atom. The number of hydrogen-bond donors (Lipinski definition) is 5. The van der Waals surface area contributed by atoms with Gasteiger partial charge in [0.2, 0.25) is 17.7 Å². The number of piperazine rings is 3. The molecular formula is C80H105F2N19O8. The highest BCUT2D eigenvalue weighted by Crippen LogP contribution is 2.50. The zero-order valence-electron chi connectivity index (χ0n) is 61.9. The number of carbonyl (C=O) groups excluding carboxylic acids is 7. The van der Waals surface area contributed by atoms with E-state index in [9.17, 15) is 42.3 Å².